The summed E-state index contributed by atoms with van der Waals surface area (Å²) in [5.74, 6) is 0. The Kier molecular flexibility index (Phi) is 3.65. The number of fused-ring (bicyclic) bond motifs is 3. The average molecular weight is 402 g/mol. The third-order valence-electron chi connectivity index (χ3n) is 5.39. The van der Waals surface area contributed by atoms with E-state index < -0.39 is 11.8 Å². The molecule has 2 aromatic carbocycles. The molecule has 0 fully saturated rings. The molecular formula is C27H29N2O+. The van der Waals surface area contributed by atoms with Crippen LogP contribution in [0, 0.1) is 32.8 Å². The molecule has 0 spiro atoms. The van der Waals surface area contributed by atoms with Gasteiger partial charge in [-0.25, -0.2) is 4.85 Å². The zero-order chi connectivity index (χ0) is 25.3. The van der Waals surface area contributed by atoms with E-state index in [2.05, 4.69) is 4.85 Å². The Morgan fingerprint density at radius 3 is 2.53 bits per heavy atom. The maximum absolute atomic E-state index is 9.15. The van der Waals surface area contributed by atoms with E-state index in [0.717, 1.165) is 21.9 Å². The Labute approximate surface area is 184 Å². The predicted molar refractivity (Wildman–Crippen MR) is 124 cm³/mol. The predicted octanol–water partition coefficient (Wildman–Crippen LogP) is 7.14. The molecule has 4 rings (SSSR count). The summed E-state index contributed by atoms with van der Waals surface area (Å²) in [6.07, 6.45) is -1.90. The molecule has 0 bridgehead atoms. The SMILES string of the molecule is [2H]c1c(C([2H])([2H])C(C)(C)C)c([2H])c(-c2c(C)ccc3c2oc2cc([N+]#[C-])cc(C)c23)[n+](C)c1C. The van der Waals surface area contributed by atoms with Crippen molar-refractivity contribution in [1.29, 1.82) is 0 Å². The normalized spacial score (nSPS) is 14.3. The van der Waals surface area contributed by atoms with Crippen LogP contribution in [0.2, 0.25) is 0 Å². The molecule has 0 radical (unpaired) electrons. The number of hydrogen-bond donors (Lipinski definition) is 0. The molecule has 2 heterocycles. The summed E-state index contributed by atoms with van der Waals surface area (Å²) < 4.78 is 43.7. The van der Waals surface area contributed by atoms with E-state index in [9.17, 15) is 0 Å². The standard InChI is InChI=1S/C27H29N2O/c1-16-9-10-21-24-17(2)11-20(28-7)14-23(24)30-26(21)25(16)22-13-19(15-27(4,5)6)12-18(3)29(22)8/h9-14H,15H2,1-6,8H3/q+1/i12D,13D,15D2. The van der Waals surface area contributed by atoms with Crippen molar-refractivity contribution in [1.82, 2.24) is 0 Å². The van der Waals surface area contributed by atoms with Crippen LogP contribution in [0.15, 0.2) is 40.8 Å². The lowest BCUT2D eigenvalue weighted by Crippen LogP contribution is -2.35. The molecule has 0 aliphatic carbocycles. The summed E-state index contributed by atoms with van der Waals surface area (Å²) in [5, 5.41) is 1.81. The lowest BCUT2D eigenvalue weighted by atomic mass is 9.87. The Bertz CT molecular complexity index is 1540. The maximum Gasteiger partial charge on any atom is 0.216 e. The summed E-state index contributed by atoms with van der Waals surface area (Å²) in [5.41, 5.74) is 4.62. The van der Waals surface area contributed by atoms with Crippen LogP contribution < -0.4 is 4.57 Å². The highest BCUT2D eigenvalue weighted by molar-refractivity contribution is 6.11. The van der Waals surface area contributed by atoms with Gasteiger partial charge in [0, 0.05) is 32.5 Å². The highest BCUT2D eigenvalue weighted by atomic mass is 16.3. The van der Waals surface area contributed by atoms with Crippen molar-refractivity contribution < 1.29 is 14.5 Å². The molecule has 3 heteroatoms. The third-order valence-corrected chi connectivity index (χ3v) is 5.39. The number of furan rings is 1. The van der Waals surface area contributed by atoms with E-state index in [1.165, 1.54) is 0 Å². The second-order valence-corrected chi connectivity index (χ2v) is 8.98. The van der Waals surface area contributed by atoms with Crippen LogP contribution in [0.25, 0.3) is 38.0 Å². The number of benzene rings is 2. The van der Waals surface area contributed by atoms with Gasteiger partial charge in [0.25, 0.3) is 0 Å². The van der Waals surface area contributed by atoms with E-state index >= 15 is 0 Å². The molecule has 2 aromatic heterocycles. The largest absolute Gasteiger partial charge is 0.456 e. The molecule has 0 amide bonds. The van der Waals surface area contributed by atoms with Gasteiger partial charge >= 0.3 is 0 Å². The van der Waals surface area contributed by atoms with Gasteiger partial charge in [0.15, 0.2) is 11.4 Å². The molecule has 3 nitrogen and oxygen atoms in total. The quantitative estimate of drug-likeness (QED) is 0.258. The van der Waals surface area contributed by atoms with Crippen molar-refractivity contribution in [3.8, 4) is 11.3 Å². The minimum absolute atomic E-state index is 0.00681. The van der Waals surface area contributed by atoms with Crippen molar-refractivity contribution in [2.75, 3.05) is 0 Å². The lowest BCUT2D eigenvalue weighted by molar-refractivity contribution is -0.666. The van der Waals surface area contributed by atoms with E-state index in [1.807, 2.05) is 32.0 Å². The van der Waals surface area contributed by atoms with Gasteiger partial charge < -0.3 is 4.42 Å². The zero-order valence-electron chi connectivity index (χ0n) is 22.6. The number of rotatable bonds is 2. The Morgan fingerprint density at radius 1 is 1.13 bits per heavy atom. The van der Waals surface area contributed by atoms with Crippen LogP contribution in [-0.2, 0) is 13.4 Å². The second-order valence-electron chi connectivity index (χ2n) is 8.98. The Morgan fingerprint density at radius 2 is 1.87 bits per heavy atom. The number of nitrogens with zero attached hydrogens (tertiary/aromatic N) is 2. The summed E-state index contributed by atoms with van der Waals surface area (Å²) in [7, 11) is 1.81. The lowest BCUT2D eigenvalue weighted by Gasteiger charge is -2.18. The Hall–Kier alpha value is -3.12. The van der Waals surface area contributed by atoms with Gasteiger partial charge in [0.1, 0.15) is 18.2 Å². The molecule has 4 aromatic rings. The van der Waals surface area contributed by atoms with E-state index in [0.29, 0.717) is 33.8 Å². The van der Waals surface area contributed by atoms with Crippen LogP contribution >= 0.6 is 0 Å². The van der Waals surface area contributed by atoms with Crippen molar-refractivity contribution in [3.05, 3.63) is 70.2 Å². The van der Waals surface area contributed by atoms with E-state index in [4.69, 9.17) is 16.5 Å². The van der Waals surface area contributed by atoms with Gasteiger partial charge in [-0.2, -0.15) is 4.57 Å². The van der Waals surface area contributed by atoms with E-state index in [1.54, 1.807) is 45.4 Å². The Balaban J connectivity index is 2.20. The summed E-state index contributed by atoms with van der Waals surface area (Å²) in [6, 6.07) is 7.59. The molecule has 152 valence electrons. The summed E-state index contributed by atoms with van der Waals surface area (Å²) >= 11 is 0. The highest BCUT2D eigenvalue weighted by Crippen LogP contribution is 2.40. The summed E-state index contributed by atoms with van der Waals surface area (Å²) in [4.78, 5) is 3.55. The first-order valence-corrected chi connectivity index (χ1v) is 10.1. The average Bonchev–Trinajstić information content (AvgIpc) is 3.11. The molecule has 30 heavy (non-hydrogen) atoms. The van der Waals surface area contributed by atoms with Gasteiger partial charge in [-0.3, -0.25) is 0 Å². The minimum Gasteiger partial charge on any atom is -0.456 e. The van der Waals surface area contributed by atoms with Crippen molar-refractivity contribution in [3.63, 3.8) is 0 Å². The van der Waals surface area contributed by atoms with Crippen LogP contribution in [0.1, 0.15) is 48.6 Å². The van der Waals surface area contributed by atoms with Gasteiger partial charge in [0.2, 0.25) is 5.69 Å². The monoisotopic (exact) mass is 401 g/mol. The molecule has 0 saturated carbocycles. The van der Waals surface area contributed by atoms with Gasteiger partial charge in [-0.05, 0) is 48.4 Å². The maximum atomic E-state index is 9.15. The van der Waals surface area contributed by atoms with Crippen molar-refractivity contribution >= 4 is 27.6 Å². The molecule has 0 atom stereocenters. The summed E-state index contributed by atoms with van der Waals surface area (Å²) in [6.45, 7) is 18.4. The van der Waals surface area contributed by atoms with Gasteiger partial charge in [-0.1, -0.05) is 39.0 Å². The topological polar surface area (TPSA) is 21.4 Å². The zero-order valence-corrected chi connectivity index (χ0v) is 18.6. The first-order valence-electron chi connectivity index (χ1n) is 12.1. The van der Waals surface area contributed by atoms with Crippen molar-refractivity contribution in [2.45, 2.75) is 47.9 Å². The second kappa shape index (κ2) is 6.99. The molecular weight excluding hydrogens is 368 g/mol. The molecule has 0 N–H and O–H groups in total. The number of aryl methyl sites for hydroxylation is 2. The van der Waals surface area contributed by atoms with Crippen LogP contribution in [0.3, 0.4) is 0 Å². The van der Waals surface area contributed by atoms with Crippen LogP contribution in [-0.4, -0.2) is 0 Å². The number of aromatic nitrogens is 1. The fourth-order valence-corrected chi connectivity index (χ4v) is 3.95. The number of hydrogen-bond acceptors (Lipinski definition) is 1. The van der Waals surface area contributed by atoms with Gasteiger partial charge in [0.05, 0.1) is 14.9 Å². The molecule has 0 aliphatic rings. The first kappa shape index (κ1) is 15.7. The molecule has 0 saturated heterocycles. The molecule has 0 aliphatic heterocycles. The number of pyridine rings is 1. The fourth-order valence-electron chi connectivity index (χ4n) is 3.95. The van der Waals surface area contributed by atoms with Crippen LogP contribution in [0.4, 0.5) is 5.69 Å². The van der Waals surface area contributed by atoms with E-state index in [-0.39, 0.29) is 17.6 Å². The highest BCUT2D eigenvalue weighted by Gasteiger charge is 2.24. The third kappa shape index (κ3) is 3.37. The van der Waals surface area contributed by atoms with Crippen LogP contribution in [0.5, 0.6) is 0 Å². The van der Waals surface area contributed by atoms with Gasteiger partial charge in [-0.15, -0.1) is 0 Å². The minimum atomic E-state index is -1.90. The van der Waals surface area contributed by atoms with Crippen molar-refractivity contribution in [2.24, 2.45) is 12.5 Å². The first-order chi connectivity index (χ1) is 15.7. The fraction of sp³-hybridized carbons (Fsp3) is 0.333. The smallest absolute Gasteiger partial charge is 0.216 e. The molecule has 0 unspecified atom stereocenters.